The molecule has 1 aromatic carbocycles. The number of methoxy groups -OCH3 is 1. The molecule has 3 N–H and O–H groups in total. The maximum atomic E-state index is 5.98. The zero-order valence-electron chi connectivity index (χ0n) is 12.1. The molecule has 0 atom stereocenters. The van der Waals surface area contributed by atoms with Gasteiger partial charge in [0.2, 0.25) is 0 Å². The van der Waals surface area contributed by atoms with Crippen LogP contribution in [0.15, 0.2) is 28.9 Å². The third-order valence-corrected chi connectivity index (χ3v) is 3.49. The highest BCUT2D eigenvalue weighted by Crippen LogP contribution is 2.39. The van der Waals surface area contributed by atoms with E-state index in [-0.39, 0.29) is 0 Å². The molecule has 108 valence electrons. The predicted molar refractivity (Wildman–Crippen MR) is 80.0 cm³/mol. The van der Waals surface area contributed by atoms with Crippen LogP contribution in [0.3, 0.4) is 0 Å². The molecule has 0 aliphatic heterocycles. The van der Waals surface area contributed by atoms with Gasteiger partial charge in [-0.3, -0.25) is 5.10 Å². The lowest BCUT2D eigenvalue weighted by Gasteiger charge is -2.08. The van der Waals surface area contributed by atoms with E-state index in [1.807, 2.05) is 32.0 Å². The van der Waals surface area contributed by atoms with Gasteiger partial charge in [0.05, 0.1) is 24.4 Å². The van der Waals surface area contributed by atoms with Crippen LogP contribution < -0.4 is 10.5 Å². The SMILES string of the molecule is COc1cc(-c2c(N)noc2-c2cn[nH]c2C)ccc1C. The first-order valence-corrected chi connectivity index (χ1v) is 6.52. The molecule has 3 rings (SSSR count). The largest absolute Gasteiger partial charge is 0.496 e. The van der Waals surface area contributed by atoms with Gasteiger partial charge in [0, 0.05) is 5.69 Å². The van der Waals surface area contributed by atoms with Crippen LogP contribution >= 0.6 is 0 Å². The van der Waals surface area contributed by atoms with E-state index in [0.717, 1.165) is 33.7 Å². The number of aryl methyl sites for hydroxylation is 2. The minimum atomic E-state index is 0.344. The molecule has 0 fully saturated rings. The molecule has 0 radical (unpaired) electrons. The first-order valence-electron chi connectivity index (χ1n) is 6.52. The third-order valence-electron chi connectivity index (χ3n) is 3.49. The summed E-state index contributed by atoms with van der Waals surface area (Å²) in [6.45, 7) is 3.90. The Bertz CT molecular complexity index is 789. The van der Waals surface area contributed by atoms with Crippen molar-refractivity contribution in [2.75, 3.05) is 12.8 Å². The van der Waals surface area contributed by atoms with Crippen LogP contribution in [-0.4, -0.2) is 22.5 Å². The molecule has 0 bridgehead atoms. The average Bonchev–Trinajstić information content (AvgIpc) is 3.05. The smallest absolute Gasteiger partial charge is 0.180 e. The molecule has 21 heavy (non-hydrogen) atoms. The van der Waals surface area contributed by atoms with Crippen molar-refractivity contribution < 1.29 is 9.26 Å². The second-order valence-corrected chi connectivity index (χ2v) is 4.87. The Morgan fingerprint density at radius 2 is 2.10 bits per heavy atom. The Balaban J connectivity index is 2.19. The second kappa shape index (κ2) is 4.97. The number of anilines is 1. The maximum Gasteiger partial charge on any atom is 0.180 e. The lowest BCUT2D eigenvalue weighted by atomic mass is 10.0. The van der Waals surface area contributed by atoms with Crippen molar-refractivity contribution in [2.24, 2.45) is 0 Å². The van der Waals surface area contributed by atoms with E-state index >= 15 is 0 Å². The van der Waals surface area contributed by atoms with E-state index < -0.39 is 0 Å². The number of benzene rings is 1. The van der Waals surface area contributed by atoms with Gasteiger partial charge >= 0.3 is 0 Å². The van der Waals surface area contributed by atoms with Gasteiger partial charge in [-0.2, -0.15) is 5.10 Å². The highest BCUT2D eigenvalue weighted by atomic mass is 16.5. The first-order chi connectivity index (χ1) is 10.1. The van der Waals surface area contributed by atoms with Crippen LogP contribution in [0.2, 0.25) is 0 Å². The molecule has 0 aliphatic rings. The van der Waals surface area contributed by atoms with Crippen LogP contribution in [0, 0.1) is 13.8 Å². The van der Waals surface area contributed by atoms with E-state index in [1.54, 1.807) is 13.3 Å². The van der Waals surface area contributed by atoms with E-state index in [9.17, 15) is 0 Å². The van der Waals surface area contributed by atoms with Gasteiger partial charge in [-0.25, -0.2) is 0 Å². The van der Waals surface area contributed by atoms with Crippen molar-refractivity contribution >= 4 is 5.82 Å². The summed E-state index contributed by atoms with van der Waals surface area (Å²) in [6, 6.07) is 5.88. The van der Waals surface area contributed by atoms with Gasteiger partial charge in [0.25, 0.3) is 0 Å². The van der Waals surface area contributed by atoms with Gasteiger partial charge in [0.15, 0.2) is 11.6 Å². The van der Waals surface area contributed by atoms with Crippen molar-refractivity contribution in [3.8, 4) is 28.2 Å². The molecule has 0 unspecified atom stereocenters. The zero-order valence-corrected chi connectivity index (χ0v) is 12.1. The molecule has 6 heteroatoms. The average molecular weight is 284 g/mol. The summed E-state index contributed by atoms with van der Waals surface area (Å²) in [5, 5.41) is 10.8. The van der Waals surface area contributed by atoms with Crippen molar-refractivity contribution in [1.29, 1.82) is 0 Å². The Morgan fingerprint density at radius 3 is 2.76 bits per heavy atom. The fourth-order valence-electron chi connectivity index (χ4n) is 2.32. The van der Waals surface area contributed by atoms with E-state index in [1.165, 1.54) is 0 Å². The van der Waals surface area contributed by atoms with Crippen molar-refractivity contribution in [3.63, 3.8) is 0 Å². The quantitative estimate of drug-likeness (QED) is 0.771. The van der Waals surface area contributed by atoms with Crippen molar-refractivity contribution in [1.82, 2.24) is 15.4 Å². The van der Waals surface area contributed by atoms with Crippen molar-refractivity contribution in [3.05, 3.63) is 35.7 Å². The van der Waals surface area contributed by atoms with E-state index in [0.29, 0.717) is 11.6 Å². The maximum absolute atomic E-state index is 5.98. The van der Waals surface area contributed by atoms with Crippen LogP contribution in [-0.2, 0) is 0 Å². The highest BCUT2D eigenvalue weighted by Gasteiger charge is 2.20. The Labute approximate surface area is 121 Å². The summed E-state index contributed by atoms with van der Waals surface area (Å²) < 4.78 is 10.8. The minimum Gasteiger partial charge on any atom is -0.496 e. The normalized spacial score (nSPS) is 10.8. The van der Waals surface area contributed by atoms with Crippen LogP contribution in [0.1, 0.15) is 11.3 Å². The third kappa shape index (κ3) is 2.14. The molecule has 0 saturated carbocycles. The number of nitrogen functional groups attached to an aromatic ring is 1. The van der Waals surface area contributed by atoms with Gasteiger partial charge in [0.1, 0.15) is 5.75 Å². The number of hydrogen-bond acceptors (Lipinski definition) is 5. The van der Waals surface area contributed by atoms with E-state index in [4.69, 9.17) is 15.0 Å². The summed E-state index contributed by atoms with van der Waals surface area (Å²) >= 11 is 0. The molecule has 0 saturated heterocycles. The molecular weight excluding hydrogens is 268 g/mol. The second-order valence-electron chi connectivity index (χ2n) is 4.87. The van der Waals surface area contributed by atoms with Gasteiger partial charge in [-0.05, 0) is 31.0 Å². The monoisotopic (exact) mass is 284 g/mol. The zero-order chi connectivity index (χ0) is 15.0. The minimum absolute atomic E-state index is 0.344. The topological polar surface area (TPSA) is 90.0 Å². The van der Waals surface area contributed by atoms with Gasteiger partial charge in [-0.1, -0.05) is 17.3 Å². The number of nitrogens with two attached hydrogens (primary N) is 1. The Kier molecular flexibility index (Phi) is 3.13. The van der Waals surface area contributed by atoms with Crippen LogP contribution in [0.25, 0.3) is 22.5 Å². The molecule has 3 aromatic rings. The van der Waals surface area contributed by atoms with E-state index in [2.05, 4.69) is 15.4 Å². The number of aromatic nitrogens is 3. The molecule has 2 aromatic heterocycles. The van der Waals surface area contributed by atoms with Crippen LogP contribution in [0.4, 0.5) is 5.82 Å². The summed E-state index contributed by atoms with van der Waals surface area (Å²) in [7, 11) is 1.64. The number of hydrogen-bond donors (Lipinski definition) is 2. The summed E-state index contributed by atoms with van der Waals surface area (Å²) in [4.78, 5) is 0. The van der Waals surface area contributed by atoms with Gasteiger partial charge in [-0.15, -0.1) is 0 Å². The number of aromatic amines is 1. The molecular formula is C15H16N4O2. The first kappa shape index (κ1) is 13.2. The summed E-state index contributed by atoms with van der Waals surface area (Å²) in [5.41, 5.74) is 10.4. The fraction of sp³-hybridized carbons (Fsp3) is 0.200. The standard InChI is InChI=1S/C15H16N4O2/c1-8-4-5-10(6-12(8)20-3)13-14(21-19-15(13)16)11-7-17-18-9(11)2/h4-7H,1-3H3,(H2,16,19)(H,17,18). The predicted octanol–water partition coefficient (Wildman–Crippen LogP) is 2.94. The molecule has 0 spiro atoms. The summed E-state index contributed by atoms with van der Waals surface area (Å²) in [6.07, 6.45) is 1.70. The molecule has 0 amide bonds. The lowest BCUT2D eigenvalue weighted by Crippen LogP contribution is -1.92. The lowest BCUT2D eigenvalue weighted by molar-refractivity contribution is 0.412. The number of ether oxygens (including phenoxy) is 1. The highest BCUT2D eigenvalue weighted by molar-refractivity contribution is 5.87. The Morgan fingerprint density at radius 1 is 1.29 bits per heavy atom. The number of nitrogens with one attached hydrogen (secondary N) is 1. The molecule has 0 aliphatic carbocycles. The summed E-state index contributed by atoms with van der Waals surface area (Å²) in [5.74, 6) is 1.74. The molecule has 6 nitrogen and oxygen atoms in total. The van der Waals surface area contributed by atoms with Crippen molar-refractivity contribution in [2.45, 2.75) is 13.8 Å². The number of rotatable bonds is 3. The Hall–Kier alpha value is -2.76. The number of H-pyrrole nitrogens is 1. The molecule has 2 heterocycles. The number of nitrogens with zero attached hydrogens (tertiary/aromatic N) is 2. The fourth-order valence-corrected chi connectivity index (χ4v) is 2.32. The van der Waals surface area contributed by atoms with Crippen LogP contribution in [0.5, 0.6) is 5.75 Å². The van der Waals surface area contributed by atoms with Gasteiger partial charge < -0.3 is 15.0 Å².